The van der Waals surface area contributed by atoms with E-state index < -0.39 is 0 Å². The number of amides is 2. The van der Waals surface area contributed by atoms with E-state index in [0.29, 0.717) is 34.4 Å². The van der Waals surface area contributed by atoms with Gasteiger partial charge in [-0.2, -0.15) is 4.98 Å². The highest BCUT2D eigenvalue weighted by molar-refractivity contribution is 7.22. The van der Waals surface area contributed by atoms with Crippen molar-refractivity contribution >= 4 is 32.8 Å². The maximum atomic E-state index is 12.1. The fourth-order valence-corrected chi connectivity index (χ4v) is 2.87. The maximum absolute atomic E-state index is 12.1. The van der Waals surface area contributed by atoms with Crippen molar-refractivity contribution in [1.82, 2.24) is 19.9 Å². The normalized spacial score (nSPS) is 18.5. The summed E-state index contributed by atoms with van der Waals surface area (Å²) in [5, 5.41) is 3.24. The van der Waals surface area contributed by atoms with Crippen molar-refractivity contribution in [2.24, 2.45) is 5.73 Å². The van der Waals surface area contributed by atoms with Crippen LogP contribution in [-0.2, 0) is 0 Å². The lowest BCUT2D eigenvalue weighted by molar-refractivity contribution is 0.222. The van der Waals surface area contributed by atoms with Crippen LogP contribution in [0.25, 0.3) is 10.3 Å². The quantitative estimate of drug-likeness (QED) is 0.842. The number of fused-ring (bicyclic) bond motifs is 1. The number of hydrogen-bond acceptors (Lipinski definition) is 7. The summed E-state index contributed by atoms with van der Waals surface area (Å²) in [6.45, 7) is 1.24. The molecule has 2 aromatic rings. The molecule has 106 valence electrons. The molecule has 1 aliphatic heterocycles. The first-order valence-corrected chi connectivity index (χ1v) is 6.96. The minimum Gasteiger partial charge on any atom is -0.479 e. The predicted molar refractivity (Wildman–Crippen MR) is 74.9 cm³/mol. The van der Waals surface area contributed by atoms with Crippen molar-refractivity contribution < 1.29 is 9.53 Å². The first-order valence-electron chi connectivity index (χ1n) is 6.14. The molecule has 1 aliphatic rings. The number of ether oxygens (including phenoxy) is 1. The Morgan fingerprint density at radius 1 is 1.60 bits per heavy atom. The van der Waals surface area contributed by atoms with Gasteiger partial charge in [-0.3, -0.25) is 5.32 Å². The SMILES string of the molecule is COc1ncnc2sc(NC(=O)N3CC[C@@H](N)C3)nc12. The molecular formula is C11H14N6O2S. The molecule has 0 radical (unpaired) electrons. The zero-order valence-corrected chi connectivity index (χ0v) is 11.7. The first-order chi connectivity index (χ1) is 9.67. The number of methoxy groups -OCH3 is 1. The van der Waals surface area contributed by atoms with Crippen molar-refractivity contribution in [2.45, 2.75) is 12.5 Å². The van der Waals surface area contributed by atoms with Crippen molar-refractivity contribution in [3.05, 3.63) is 6.33 Å². The smallest absolute Gasteiger partial charge is 0.323 e. The van der Waals surface area contributed by atoms with Crippen LogP contribution < -0.4 is 15.8 Å². The number of urea groups is 1. The lowest BCUT2D eigenvalue weighted by Gasteiger charge is -2.15. The van der Waals surface area contributed by atoms with Crippen LogP contribution in [0.5, 0.6) is 5.88 Å². The van der Waals surface area contributed by atoms with Crippen LogP contribution >= 0.6 is 11.3 Å². The van der Waals surface area contributed by atoms with E-state index in [1.54, 1.807) is 4.90 Å². The van der Waals surface area contributed by atoms with Gasteiger partial charge in [-0.1, -0.05) is 11.3 Å². The summed E-state index contributed by atoms with van der Waals surface area (Å²) < 4.78 is 5.11. The van der Waals surface area contributed by atoms with E-state index in [1.807, 2.05) is 0 Å². The number of nitrogens with two attached hydrogens (primary N) is 1. The number of thiazole rings is 1. The Hall–Kier alpha value is -2.00. The zero-order valence-electron chi connectivity index (χ0n) is 10.9. The van der Waals surface area contributed by atoms with E-state index in [9.17, 15) is 4.79 Å². The summed E-state index contributed by atoms with van der Waals surface area (Å²) in [5.41, 5.74) is 6.34. The summed E-state index contributed by atoms with van der Waals surface area (Å²) in [7, 11) is 1.52. The third-order valence-electron chi connectivity index (χ3n) is 3.08. The Bertz CT molecular complexity index is 645. The van der Waals surface area contributed by atoms with Crippen molar-refractivity contribution in [3.8, 4) is 5.88 Å². The molecule has 9 heteroatoms. The number of nitrogens with one attached hydrogen (secondary N) is 1. The van der Waals surface area contributed by atoms with Gasteiger partial charge >= 0.3 is 6.03 Å². The van der Waals surface area contributed by atoms with Crippen LogP contribution in [0.1, 0.15) is 6.42 Å². The molecule has 2 aromatic heterocycles. The maximum Gasteiger partial charge on any atom is 0.323 e. The van der Waals surface area contributed by atoms with E-state index in [0.717, 1.165) is 6.42 Å². The van der Waals surface area contributed by atoms with Crippen molar-refractivity contribution in [1.29, 1.82) is 0 Å². The van der Waals surface area contributed by atoms with Crippen LogP contribution in [-0.4, -0.2) is 52.1 Å². The highest BCUT2D eigenvalue weighted by atomic mass is 32.1. The van der Waals surface area contributed by atoms with E-state index in [4.69, 9.17) is 10.5 Å². The lowest BCUT2D eigenvalue weighted by atomic mass is 10.3. The Labute approximate surface area is 119 Å². The fourth-order valence-electron chi connectivity index (χ4n) is 2.08. The van der Waals surface area contributed by atoms with Gasteiger partial charge in [0.2, 0.25) is 5.88 Å². The summed E-state index contributed by atoms with van der Waals surface area (Å²) >= 11 is 1.28. The second kappa shape index (κ2) is 5.17. The van der Waals surface area contributed by atoms with Crippen LogP contribution in [0.3, 0.4) is 0 Å². The Morgan fingerprint density at radius 2 is 2.45 bits per heavy atom. The van der Waals surface area contributed by atoms with Gasteiger partial charge in [-0.05, 0) is 6.42 Å². The number of hydrogen-bond donors (Lipinski definition) is 2. The van der Waals surface area contributed by atoms with E-state index in [-0.39, 0.29) is 12.1 Å². The van der Waals surface area contributed by atoms with E-state index in [2.05, 4.69) is 20.3 Å². The Morgan fingerprint density at radius 3 is 3.15 bits per heavy atom. The van der Waals surface area contributed by atoms with Gasteiger partial charge in [0.25, 0.3) is 0 Å². The number of anilines is 1. The van der Waals surface area contributed by atoms with Gasteiger partial charge in [0.1, 0.15) is 6.33 Å². The van der Waals surface area contributed by atoms with Gasteiger partial charge in [0, 0.05) is 19.1 Å². The van der Waals surface area contributed by atoms with Crippen molar-refractivity contribution in [3.63, 3.8) is 0 Å². The Balaban J connectivity index is 1.79. The van der Waals surface area contributed by atoms with Gasteiger partial charge in [0.05, 0.1) is 7.11 Å². The van der Waals surface area contributed by atoms with Gasteiger partial charge < -0.3 is 15.4 Å². The number of rotatable bonds is 2. The molecule has 1 saturated heterocycles. The number of likely N-dealkylation sites (tertiary alicyclic amines) is 1. The molecule has 0 aliphatic carbocycles. The van der Waals surface area contributed by atoms with Gasteiger partial charge in [-0.15, -0.1) is 0 Å². The molecule has 20 heavy (non-hydrogen) atoms. The second-order valence-corrected chi connectivity index (χ2v) is 5.46. The molecule has 2 amide bonds. The summed E-state index contributed by atoms with van der Waals surface area (Å²) in [5.74, 6) is 0.398. The van der Waals surface area contributed by atoms with Gasteiger partial charge in [0.15, 0.2) is 15.5 Å². The molecule has 1 fully saturated rings. The average Bonchev–Trinajstić information content (AvgIpc) is 3.03. The van der Waals surface area contributed by atoms with E-state index >= 15 is 0 Å². The Kier molecular flexibility index (Phi) is 3.36. The predicted octanol–water partition coefficient (Wildman–Crippen LogP) is 0.660. The third kappa shape index (κ3) is 2.37. The van der Waals surface area contributed by atoms with Crippen LogP contribution in [0.2, 0.25) is 0 Å². The summed E-state index contributed by atoms with van der Waals surface area (Å²) in [6.07, 6.45) is 2.23. The average molecular weight is 294 g/mol. The molecule has 0 spiro atoms. The van der Waals surface area contributed by atoms with Crippen LogP contribution in [0.15, 0.2) is 6.33 Å². The number of carbonyl (C=O) groups is 1. The monoisotopic (exact) mass is 294 g/mol. The second-order valence-electron chi connectivity index (χ2n) is 4.48. The topological polar surface area (TPSA) is 106 Å². The highest BCUT2D eigenvalue weighted by Crippen LogP contribution is 2.29. The minimum atomic E-state index is -0.191. The first kappa shape index (κ1) is 13.0. The minimum absolute atomic E-state index is 0.0575. The number of aromatic nitrogens is 3. The molecule has 1 atom stereocenters. The molecular weight excluding hydrogens is 280 g/mol. The lowest BCUT2D eigenvalue weighted by Crippen LogP contribution is -2.35. The van der Waals surface area contributed by atoms with Crippen LogP contribution in [0.4, 0.5) is 9.93 Å². The largest absolute Gasteiger partial charge is 0.479 e. The molecule has 3 N–H and O–H groups in total. The highest BCUT2D eigenvalue weighted by Gasteiger charge is 2.24. The van der Waals surface area contributed by atoms with E-state index in [1.165, 1.54) is 24.8 Å². The summed E-state index contributed by atoms with van der Waals surface area (Å²) in [4.78, 5) is 26.8. The molecule has 8 nitrogen and oxygen atoms in total. The molecule has 0 saturated carbocycles. The standard InChI is InChI=1S/C11H14N6O2S/c1-19-8-7-9(14-5-13-8)20-10(15-7)16-11(18)17-3-2-6(12)4-17/h5-6H,2-4,12H2,1H3,(H,15,16,18)/t6-/m1/s1. The van der Waals surface area contributed by atoms with Crippen molar-refractivity contribution in [2.75, 3.05) is 25.5 Å². The molecule has 3 rings (SSSR count). The zero-order chi connectivity index (χ0) is 14.1. The van der Waals surface area contributed by atoms with Gasteiger partial charge in [-0.25, -0.2) is 14.8 Å². The van der Waals surface area contributed by atoms with Crippen LogP contribution in [0, 0.1) is 0 Å². The molecule has 0 bridgehead atoms. The molecule has 0 aromatic carbocycles. The fraction of sp³-hybridized carbons (Fsp3) is 0.455. The number of nitrogens with zero attached hydrogens (tertiary/aromatic N) is 4. The molecule has 0 unspecified atom stereocenters. The number of carbonyl (C=O) groups excluding carboxylic acids is 1. The third-order valence-corrected chi connectivity index (χ3v) is 3.96. The molecule has 3 heterocycles. The summed E-state index contributed by atoms with van der Waals surface area (Å²) in [6, 6.07) is -0.133.